The Labute approximate surface area is 143 Å². The molecule has 1 unspecified atom stereocenters. The lowest BCUT2D eigenvalue weighted by atomic mass is 10.2. The molecule has 2 aliphatic heterocycles. The molecule has 1 atom stereocenters. The van der Waals surface area contributed by atoms with E-state index in [2.05, 4.69) is 5.32 Å². The molecule has 7 heteroatoms. The van der Waals surface area contributed by atoms with Crippen molar-refractivity contribution in [2.75, 3.05) is 25.0 Å². The predicted molar refractivity (Wildman–Crippen MR) is 91.3 cm³/mol. The van der Waals surface area contributed by atoms with Crippen LogP contribution in [0.2, 0.25) is 0 Å². The molecule has 24 heavy (non-hydrogen) atoms. The summed E-state index contributed by atoms with van der Waals surface area (Å²) in [6, 6.07) is 6.49. The molecule has 1 amide bonds. The van der Waals surface area contributed by atoms with E-state index in [9.17, 15) is 13.2 Å². The molecule has 2 aliphatic rings. The lowest BCUT2D eigenvalue weighted by Crippen LogP contribution is -2.32. The van der Waals surface area contributed by atoms with Crippen molar-refractivity contribution in [1.29, 1.82) is 0 Å². The molecule has 0 radical (unpaired) electrons. The quantitative estimate of drug-likeness (QED) is 0.903. The van der Waals surface area contributed by atoms with E-state index >= 15 is 0 Å². The Bertz CT molecular complexity index is 676. The lowest BCUT2D eigenvalue weighted by molar-refractivity contribution is -0.124. The van der Waals surface area contributed by atoms with Crippen LogP contribution in [0.3, 0.4) is 0 Å². The summed E-state index contributed by atoms with van der Waals surface area (Å²) in [6.45, 7) is 1.73. The average Bonchev–Trinajstić information content (AvgIpc) is 2.97. The van der Waals surface area contributed by atoms with Crippen molar-refractivity contribution < 1.29 is 17.9 Å². The molecule has 0 bridgehead atoms. The summed E-state index contributed by atoms with van der Waals surface area (Å²) < 4.78 is 32.6. The number of ether oxygens (including phenoxy) is 1. The maximum Gasteiger partial charge on any atom is 0.253 e. The Morgan fingerprint density at radius 2 is 1.88 bits per heavy atom. The zero-order valence-corrected chi connectivity index (χ0v) is 14.6. The van der Waals surface area contributed by atoms with Crippen LogP contribution < -0.4 is 5.32 Å². The summed E-state index contributed by atoms with van der Waals surface area (Å²) >= 11 is 0. The van der Waals surface area contributed by atoms with Crippen molar-refractivity contribution in [3.8, 4) is 0 Å². The van der Waals surface area contributed by atoms with Crippen LogP contribution in [0.4, 0.5) is 5.69 Å². The van der Waals surface area contributed by atoms with Gasteiger partial charge in [0.25, 0.3) is 5.91 Å². The molecule has 0 aromatic heterocycles. The number of anilines is 1. The highest BCUT2D eigenvalue weighted by molar-refractivity contribution is 7.89. The molecule has 132 valence electrons. The zero-order valence-electron chi connectivity index (χ0n) is 13.7. The van der Waals surface area contributed by atoms with Crippen molar-refractivity contribution in [1.82, 2.24) is 4.31 Å². The van der Waals surface area contributed by atoms with E-state index in [1.165, 1.54) is 6.07 Å². The number of nitrogens with zero attached hydrogens (tertiary/aromatic N) is 1. The second-order valence-corrected chi connectivity index (χ2v) is 8.27. The number of hydrogen-bond donors (Lipinski definition) is 1. The van der Waals surface area contributed by atoms with Crippen LogP contribution in [-0.2, 0) is 19.6 Å². The second-order valence-electron chi connectivity index (χ2n) is 6.34. The van der Waals surface area contributed by atoms with Crippen molar-refractivity contribution >= 4 is 21.6 Å². The van der Waals surface area contributed by atoms with E-state index in [-0.39, 0.29) is 10.8 Å². The van der Waals surface area contributed by atoms with Gasteiger partial charge in [0.15, 0.2) is 0 Å². The fraction of sp³-hybridized carbons (Fsp3) is 0.588. The van der Waals surface area contributed by atoms with E-state index < -0.39 is 16.1 Å². The molecular formula is C17H24N2O4S. The van der Waals surface area contributed by atoms with E-state index in [0.717, 1.165) is 32.1 Å². The Hall–Kier alpha value is -1.44. The van der Waals surface area contributed by atoms with Crippen LogP contribution in [0.5, 0.6) is 0 Å². The van der Waals surface area contributed by atoms with Gasteiger partial charge < -0.3 is 10.1 Å². The maximum absolute atomic E-state index is 12.8. The third-order valence-corrected chi connectivity index (χ3v) is 6.42. The molecule has 2 saturated heterocycles. The number of sulfonamides is 1. The largest absolute Gasteiger partial charge is 0.368 e. The molecule has 1 N–H and O–H groups in total. The number of nitrogens with one attached hydrogen (secondary N) is 1. The van der Waals surface area contributed by atoms with Gasteiger partial charge in [-0.2, -0.15) is 4.31 Å². The minimum absolute atomic E-state index is 0.211. The molecule has 2 heterocycles. The molecule has 2 fully saturated rings. The lowest BCUT2D eigenvalue weighted by Gasteiger charge is -2.20. The van der Waals surface area contributed by atoms with Gasteiger partial charge in [0.1, 0.15) is 6.10 Å². The monoisotopic (exact) mass is 352 g/mol. The van der Waals surface area contributed by atoms with E-state index in [1.807, 2.05) is 0 Å². The van der Waals surface area contributed by atoms with E-state index in [0.29, 0.717) is 31.8 Å². The topological polar surface area (TPSA) is 75.7 Å². The molecule has 6 nitrogen and oxygen atoms in total. The number of carbonyl (C=O) groups is 1. The SMILES string of the molecule is O=C(Nc1cccc(S(=O)(=O)N2CCCCCC2)c1)C1CCCO1. The van der Waals surface area contributed by atoms with Gasteiger partial charge in [0.05, 0.1) is 4.90 Å². The number of amides is 1. The first-order valence-electron chi connectivity index (χ1n) is 8.60. The number of carbonyl (C=O) groups excluding carboxylic acids is 1. The third-order valence-electron chi connectivity index (χ3n) is 4.53. The van der Waals surface area contributed by atoms with Crippen molar-refractivity contribution in [2.45, 2.75) is 49.5 Å². The first-order valence-corrected chi connectivity index (χ1v) is 10.0. The number of hydrogen-bond acceptors (Lipinski definition) is 4. The van der Waals surface area contributed by atoms with E-state index in [1.54, 1.807) is 22.5 Å². The Balaban J connectivity index is 1.75. The van der Waals surface area contributed by atoms with Gasteiger partial charge in [0, 0.05) is 25.4 Å². The van der Waals surface area contributed by atoms with Crippen molar-refractivity contribution in [2.24, 2.45) is 0 Å². The highest BCUT2D eigenvalue weighted by Gasteiger charge is 2.26. The molecule has 0 aliphatic carbocycles. The van der Waals surface area contributed by atoms with Crippen LogP contribution in [0.1, 0.15) is 38.5 Å². The number of rotatable bonds is 4. The highest BCUT2D eigenvalue weighted by atomic mass is 32.2. The van der Waals surface area contributed by atoms with Crippen LogP contribution in [0.15, 0.2) is 29.2 Å². The molecule has 1 aromatic rings. The van der Waals surface area contributed by atoms with Crippen LogP contribution >= 0.6 is 0 Å². The van der Waals surface area contributed by atoms with Crippen LogP contribution in [0.25, 0.3) is 0 Å². The van der Waals surface area contributed by atoms with Crippen molar-refractivity contribution in [3.63, 3.8) is 0 Å². The Kier molecular flexibility index (Phi) is 5.53. The molecular weight excluding hydrogens is 328 g/mol. The van der Waals surface area contributed by atoms with Gasteiger partial charge in [-0.25, -0.2) is 8.42 Å². The average molecular weight is 352 g/mol. The van der Waals surface area contributed by atoms with Gasteiger partial charge >= 0.3 is 0 Å². The first kappa shape index (κ1) is 17.4. The number of benzene rings is 1. The summed E-state index contributed by atoms with van der Waals surface area (Å²) in [5, 5.41) is 2.76. The normalized spacial score (nSPS) is 22.9. The summed E-state index contributed by atoms with van der Waals surface area (Å²) in [5.41, 5.74) is 0.492. The van der Waals surface area contributed by atoms with E-state index in [4.69, 9.17) is 4.74 Å². The molecule has 0 spiro atoms. The maximum atomic E-state index is 12.8. The summed E-state index contributed by atoms with van der Waals surface area (Å²) in [7, 11) is -3.51. The van der Waals surface area contributed by atoms with Gasteiger partial charge in [-0.3, -0.25) is 4.79 Å². The van der Waals surface area contributed by atoms with Gasteiger partial charge in [-0.1, -0.05) is 18.9 Å². The second kappa shape index (κ2) is 7.63. The van der Waals surface area contributed by atoms with Gasteiger partial charge in [-0.05, 0) is 43.9 Å². The van der Waals surface area contributed by atoms with Crippen molar-refractivity contribution in [3.05, 3.63) is 24.3 Å². The standard InChI is InChI=1S/C17H24N2O4S/c20-17(16-9-6-12-23-16)18-14-7-5-8-15(13-14)24(21,22)19-10-3-1-2-4-11-19/h5,7-8,13,16H,1-4,6,9-12H2,(H,18,20). The minimum atomic E-state index is -3.51. The summed E-state index contributed by atoms with van der Waals surface area (Å²) in [5.74, 6) is -0.211. The summed E-state index contributed by atoms with van der Waals surface area (Å²) in [6.07, 6.45) is 5.09. The third kappa shape index (κ3) is 3.96. The van der Waals surface area contributed by atoms with Gasteiger partial charge in [0.2, 0.25) is 10.0 Å². The minimum Gasteiger partial charge on any atom is -0.368 e. The van der Waals surface area contributed by atoms with Gasteiger partial charge in [-0.15, -0.1) is 0 Å². The van der Waals surface area contributed by atoms with Crippen LogP contribution in [-0.4, -0.2) is 44.4 Å². The first-order chi connectivity index (χ1) is 11.6. The predicted octanol–water partition coefficient (Wildman–Crippen LogP) is 2.37. The van der Waals surface area contributed by atoms with Crippen LogP contribution in [0, 0.1) is 0 Å². The molecule has 0 saturated carbocycles. The molecule has 3 rings (SSSR count). The fourth-order valence-electron chi connectivity index (χ4n) is 3.17. The Morgan fingerprint density at radius 3 is 2.54 bits per heavy atom. The highest BCUT2D eigenvalue weighted by Crippen LogP contribution is 2.23. The fourth-order valence-corrected chi connectivity index (χ4v) is 4.74. The molecule has 1 aromatic carbocycles. The smallest absolute Gasteiger partial charge is 0.253 e. The summed E-state index contributed by atoms with van der Waals surface area (Å²) in [4.78, 5) is 12.4. The zero-order chi connectivity index (χ0) is 17.0. The Morgan fingerprint density at radius 1 is 1.12 bits per heavy atom.